The summed E-state index contributed by atoms with van der Waals surface area (Å²) in [6.45, 7) is 2.04. The summed E-state index contributed by atoms with van der Waals surface area (Å²) in [5.41, 5.74) is 15.8. The van der Waals surface area contributed by atoms with E-state index >= 15 is 0 Å². The molecule has 4 amide bonds. The molecule has 1 aliphatic rings. The number of hydrogen-bond donors (Lipinski definition) is 9. The number of nitrogens with two attached hydrogens (primary N) is 3. The Morgan fingerprint density at radius 2 is 1.66 bits per heavy atom. The first-order valence-electron chi connectivity index (χ1n) is 11.3. The molecule has 15 nitrogen and oxygen atoms in total. The van der Waals surface area contributed by atoms with Crippen LogP contribution in [0.3, 0.4) is 0 Å². The molecule has 12 N–H and O–H groups in total. The molecule has 1 rings (SSSR count). The van der Waals surface area contributed by atoms with Gasteiger partial charge in [-0.1, -0.05) is 0 Å². The van der Waals surface area contributed by atoms with Crippen molar-refractivity contribution in [3.8, 4) is 0 Å². The molecule has 35 heavy (non-hydrogen) atoms. The van der Waals surface area contributed by atoms with Gasteiger partial charge in [0, 0.05) is 13.0 Å². The van der Waals surface area contributed by atoms with Crippen molar-refractivity contribution in [1.29, 1.82) is 0 Å². The van der Waals surface area contributed by atoms with E-state index in [0.717, 1.165) is 6.42 Å². The summed E-state index contributed by atoms with van der Waals surface area (Å²) in [6, 6.07) is -4.51. The maximum absolute atomic E-state index is 13.0. The first kappa shape index (κ1) is 29.6. The fourth-order valence-electron chi connectivity index (χ4n) is 3.42. The van der Waals surface area contributed by atoms with Crippen LogP contribution in [-0.2, 0) is 24.0 Å². The van der Waals surface area contributed by atoms with Crippen molar-refractivity contribution in [2.24, 2.45) is 22.2 Å². The molecular weight excluding hydrogens is 464 g/mol. The summed E-state index contributed by atoms with van der Waals surface area (Å²) < 4.78 is 0. The van der Waals surface area contributed by atoms with Crippen LogP contribution in [0.1, 0.15) is 45.4 Å². The maximum Gasteiger partial charge on any atom is 0.328 e. The molecule has 1 heterocycles. The van der Waals surface area contributed by atoms with Gasteiger partial charge in [-0.2, -0.15) is 0 Å². The number of rotatable bonds is 15. The molecule has 198 valence electrons. The Bertz CT molecular complexity index is 794. The number of carboxylic acids is 1. The normalized spacial score (nSPS) is 18.4. The standard InChI is InChI=1S/C20H36N8O7/c1-10(29)15(19(34)35)28-18(33)13(6-7-14(21)30)27-17(32)12(5-3-9-25-20(22)23)26-16(31)11-4-2-8-24-11/h10-13,15,24,29H,2-9H2,1H3,(H2,21,30)(H,26,31)(H,27,32)(H,28,33)(H,34,35)(H4,22,23,25). The summed E-state index contributed by atoms with van der Waals surface area (Å²) in [5, 5.41) is 29.1. The molecule has 0 bridgehead atoms. The van der Waals surface area contributed by atoms with Crippen molar-refractivity contribution < 1.29 is 34.2 Å². The Balaban J connectivity index is 2.98. The van der Waals surface area contributed by atoms with E-state index in [0.29, 0.717) is 19.4 Å². The molecule has 0 saturated carbocycles. The third-order valence-corrected chi connectivity index (χ3v) is 5.31. The molecule has 0 aromatic rings. The Hall–Kier alpha value is -3.46. The van der Waals surface area contributed by atoms with Crippen LogP contribution in [0.2, 0.25) is 0 Å². The number of aliphatic hydroxyl groups is 1. The highest BCUT2D eigenvalue weighted by molar-refractivity contribution is 5.94. The van der Waals surface area contributed by atoms with E-state index in [2.05, 4.69) is 26.3 Å². The molecule has 15 heteroatoms. The van der Waals surface area contributed by atoms with Gasteiger partial charge in [0.15, 0.2) is 12.0 Å². The number of hydrogen-bond acceptors (Lipinski definition) is 8. The smallest absolute Gasteiger partial charge is 0.328 e. The van der Waals surface area contributed by atoms with E-state index in [9.17, 15) is 34.2 Å². The molecule has 1 saturated heterocycles. The van der Waals surface area contributed by atoms with E-state index in [1.165, 1.54) is 6.92 Å². The number of carbonyl (C=O) groups excluding carboxylic acids is 4. The Labute approximate surface area is 202 Å². The van der Waals surface area contributed by atoms with Crippen molar-refractivity contribution in [2.45, 2.75) is 75.7 Å². The van der Waals surface area contributed by atoms with Crippen LogP contribution in [-0.4, -0.2) is 89.1 Å². The second kappa shape index (κ2) is 14.7. The zero-order valence-corrected chi connectivity index (χ0v) is 19.7. The van der Waals surface area contributed by atoms with Crippen LogP contribution in [0, 0.1) is 0 Å². The van der Waals surface area contributed by atoms with E-state index in [-0.39, 0.29) is 37.7 Å². The average molecular weight is 501 g/mol. The third kappa shape index (κ3) is 11.0. The number of aliphatic imine (C=N–C) groups is 1. The van der Waals surface area contributed by atoms with E-state index < -0.39 is 54.0 Å². The molecular formula is C20H36N8O7. The first-order chi connectivity index (χ1) is 16.4. The zero-order chi connectivity index (χ0) is 26.5. The fraction of sp³-hybridized carbons (Fsp3) is 0.700. The number of guanidine groups is 1. The van der Waals surface area contributed by atoms with Crippen molar-refractivity contribution in [3.63, 3.8) is 0 Å². The molecule has 0 aliphatic carbocycles. The number of amides is 4. The number of aliphatic hydroxyl groups excluding tert-OH is 1. The van der Waals surface area contributed by atoms with Crippen LogP contribution in [0.4, 0.5) is 0 Å². The number of nitrogens with one attached hydrogen (secondary N) is 4. The first-order valence-corrected chi connectivity index (χ1v) is 11.3. The molecule has 1 aliphatic heterocycles. The Kier molecular flexibility index (Phi) is 12.4. The average Bonchev–Trinajstić information content (AvgIpc) is 3.30. The van der Waals surface area contributed by atoms with Gasteiger partial charge >= 0.3 is 5.97 Å². The van der Waals surface area contributed by atoms with Gasteiger partial charge in [-0.15, -0.1) is 0 Å². The van der Waals surface area contributed by atoms with E-state index in [1.807, 2.05) is 0 Å². The Morgan fingerprint density at radius 1 is 1.03 bits per heavy atom. The number of aliphatic carboxylic acids is 1. The summed E-state index contributed by atoms with van der Waals surface area (Å²) in [4.78, 5) is 64.7. The molecule has 0 aromatic carbocycles. The van der Waals surface area contributed by atoms with Crippen LogP contribution < -0.4 is 38.5 Å². The predicted molar refractivity (Wildman–Crippen MR) is 124 cm³/mol. The van der Waals surface area contributed by atoms with Crippen LogP contribution in [0.25, 0.3) is 0 Å². The molecule has 0 radical (unpaired) electrons. The van der Waals surface area contributed by atoms with Crippen molar-refractivity contribution in [1.82, 2.24) is 21.3 Å². The van der Waals surface area contributed by atoms with Gasteiger partial charge in [0.2, 0.25) is 23.6 Å². The lowest BCUT2D eigenvalue weighted by atomic mass is 10.1. The summed E-state index contributed by atoms with van der Waals surface area (Å²) in [7, 11) is 0. The SMILES string of the molecule is CC(O)C(NC(=O)C(CCC(N)=O)NC(=O)C(CCCN=C(N)N)NC(=O)C1CCCN1)C(=O)O. The maximum atomic E-state index is 13.0. The van der Waals surface area contributed by atoms with Gasteiger partial charge in [-0.05, 0) is 45.6 Å². The summed E-state index contributed by atoms with van der Waals surface area (Å²) in [6.07, 6.45) is -0.0515. The van der Waals surface area contributed by atoms with E-state index in [4.69, 9.17) is 17.2 Å². The van der Waals surface area contributed by atoms with Crippen molar-refractivity contribution >= 4 is 35.6 Å². The molecule has 5 atom stereocenters. The van der Waals surface area contributed by atoms with Gasteiger partial charge in [0.05, 0.1) is 12.1 Å². The lowest BCUT2D eigenvalue weighted by Gasteiger charge is -2.25. The van der Waals surface area contributed by atoms with Gasteiger partial charge in [-0.3, -0.25) is 24.2 Å². The zero-order valence-electron chi connectivity index (χ0n) is 19.7. The number of primary amides is 1. The minimum Gasteiger partial charge on any atom is -0.480 e. The largest absolute Gasteiger partial charge is 0.480 e. The van der Waals surface area contributed by atoms with Gasteiger partial charge < -0.3 is 48.7 Å². The molecule has 0 aromatic heterocycles. The highest BCUT2D eigenvalue weighted by atomic mass is 16.4. The second-order valence-electron chi connectivity index (χ2n) is 8.29. The summed E-state index contributed by atoms with van der Waals surface area (Å²) in [5.74, 6) is -4.40. The lowest BCUT2D eigenvalue weighted by molar-refractivity contribution is -0.145. The van der Waals surface area contributed by atoms with Gasteiger partial charge in [0.25, 0.3) is 0 Å². The Morgan fingerprint density at radius 3 is 2.17 bits per heavy atom. The predicted octanol–water partition coefficient (Wildman–Crippen LogP) is -4.02. The quantitative estimate of drug-likeness (QED) is 0.0597. The van der Waals surface area contributed by atoms with Crippen molar-refractivity contribution in [2.75, 3.05) is 13.1 Å². The van der Waals surface area contributed by atoms with Gasteiger partial charge in [0.1, 0.15) is 12.1 Å². The monoisotopic (exact) mass is 500 g/mol. The highest BCUT2D eigenvalue weighted by Gasteiger charge is 2.32. The van der Waals surface area contributed by atoms with Gasteiger partial charge in [-0.25, -0.2) is 4.79 Å². The van der Waals surface area contributed by atoms with Crippen molar-refractivity contribution in [3.05, 3.63) is 0 Å². The van der Waals surface area contributed by atoms with Crippen LogP contribution in [0.5, 0.6) is 0 Å². The summed E-state index contributed by atoms with van der Waals surface area (Å²) >= 11 is 0. The van der Waals surface area contributed by atoms with Crippen LogP contribution >= 0.6 is 0 Å². The minimum absolute atomic E-state index is 0.125. The molecule has 1 fully saturated rings. The number of carboxylic acid groups (broad SMARTS) is 1. The second-order valence-corrected chi connectivity index (χ2v) is 8.29. The number of carbonyl (C=O) groups is 5. The third-order valence-electron chi connectivity index (χ3n) is 5.31. The topological polar surface area (TPSA) is 264 Å². The van der Waals surface area contributed by atoms with E-state index in [1.54, 1.807) is 0 Å². The minimum atomic E-state index is -1.64. The fourth-order valence-corrected chi connectivity index (χ4v) is 3.42. The molecule has 0 spiro atoms. The van der Waals surface area contributed by atoms with Crippen LogP contribution in [0.15, 0.2) is 4.99 Å². The highest BCUT2D eigenvalue weighted by Crippen LogP contribution is 2.08. The molecule has 5 unspecified atom stereocenters. The number of nitrogens with zero attached hydrogens (tertiary/aromatic N) is 1. The lowest BCUT2D eigenvalue weighted by Crippen LogP contribution is -2.58.